The van der Waals surface area contributed by atoms with Gasteiger partial charge in [0.15, 0.2) is 0 Å². The first-order valence-corrected chi connectivity index (χ1v) is 10.1. The first-order valence-electron chi connectivity index (χ1n) is 10.1. The molecular formula is C24H28O4. The largest absolute Gasteiger partial charge is 0.478 e. The Hall–Kier alpha value is -2.80. The van der Waals surface area contributed by atoms with E-state index >= 15 is 0 Å². The van der Waals surface area contributed by atoms with Crippen molar-refractivity contribution in [3.63, 3.8) is 0 Å². The summed E-state index contributed by atoms with van der Waals surface area (Å²) in [6.07, 6.45) is 10.7. The molecule has 0 radical (unpaired) electrons. The molecule has 0 aliphatic rings. The molecule has 2 N–H and O–H groups in total. The number of carboxylic acids is 2. The Morgan fingerprint density at radius 3 is 2.18 bits per heavy atom. The van der Waals surface area contributed by atoms with E-state index in [1.165, 1.54) is 57.1 Å². The minimum Gasteiger partial charge on any atom is -0.478 e. The Balaban J connectivity index is 2.00. The van der Waals surface area contributed by atoms with Crippen molar-refractivity contribution in [2.24, 2.45) is 0 Å². The molecule has 0 fully saturated rings. The summed E-state index contributed by atoms with van der Waals surface area (Å²) in [6.45, 7) is 2.22. The van der Waals surface area contributed by atoms with Gasteiger partial charge in [-0.1, -0.05) is 69.8 Å². The molecule has 0 saturated heterocycles. The van der Waals surface area contributed by atoms with Crippen LogP contribution in [0.5, 0.6) is 0 Å². The monoisotopic (exact) mass is 380 g/mol. The van der Waals surface area contributed by atoms with Crippen LogP contribution in [-0.2, 0) is 0 Å². The predicted molar refractivity (Wildman–Crippen MR) is 112 cm³/mol. The lowest BCUT2D eigenvalue weighted by Crippen LogP contribution is -2.00. The molecule has 0 heterocycles. The maximum absolute atomic E-state index is 11.6. The molecule has 2 aromatic carbocycles. The Bertz CT molecular complexity index is 887. The van der Waals surface area contributed by atoms with Gasteiger partial charge in [0, 0.05) is 12.0 Å². The molecule has 0 atom stereocenters. The quantitative estimate of drug-likeness (QED) is 0.385. The summed E-state index contributed by atoms with van der Waals surface area (Å²) in [4.78, 5) is 22.7. The van der Waals surface area contributed by atoms with Crippen LogP contribution in [0, 0.1) is 11.8 Å². The SMILES string of the molecule is CCCCCCCCCCC#Cc1cc(C(=O)O)c2ccc(C(=O)O)cc2c1. The van der Waals surface area contributed by atoms with Crippen LogP contribution in [0.3, 0.4) is 0 Å². The third-order valence-electron chi connectivity index (χ3n) is 4.82. The van der Waals surface area contributed by atoms with E-state index < -0.39 is 11.9 Å². The van der Waals surface area contributed by atoms with Gasteiger partial charge in [-0.25, -0.2) is 9.59 Å². The average molecular weight is 380 g/mol. The third-order valence-corrected chi connectivity index (χ3v) is 4.82. The van der Waals surface area contributed by atoms with Crippen LogP contribution in [0.4, 0.5) is 0 Å². The normalized spacial score (nSPS) is 10.5. The van der Waals surface area contributed by atoms with Crippen LogP contribution in [0.1, 0.15) is 91.0 Å². The molecule has 28 heavy (non-hydrogen) atoms. The maximum atomic E-state index is 11.6. The van der Waals surface area contributed by atoms with Crippen molar-refractivity contribution in [2.45, 2.75) is 64.7 Å². The molecule has 0 aliphatic heterocycles. The average Bonchev–Trinajstić information content (AvgIpc) is 2.68. The molecule has 2 rings (SSSR count). The van der Waals surface area contributed by atoms with Crippen LogP contribution in [0.25, 0.3) is 10.8 Å². The number of unbranched alkanes of at least 4 members (excludes halogenated alkanes) is 8. The van der Waals surface area contributed by atoms with Crippen LogP contribution in [-0.4, -0.2) is 22.2 Å². The molecule has 0 bridgehead atoms. The number of aromatic carboxylic acids is 2. The number of carboxylic acid groups (broad SMARTS) is 2. The van der Waals surface area contributed by atoms with Crippen LogP contribution in [0.2, 0.25) is 0 Å². The van der Waals surface area contributed by atoms with Crippen molar-refractivity contribution in [3.05, 3.63) is 47.0 Å². The number of hydrogen-bond donors (Lipinski definition) is 2. The molecule has 0 spiro atoms. The van der Waals surface area contributed by atoms with Gasteiger partial charge in [-0.3, -0.25) is 0 Å². The fourth-order valence-electron chi connectivity index (χ4n) is 3.26. The number of fused-ring (bicyclic) bond motifs is 1. The molecule has 0 saturated carbocycles. The molecule has 4 heteroatoms. The fraction of sp³-hybridized carbons (Fsp3) is 0.417. The lowest BCUT2D eigenvalue weighted by Gasteiger charge is -2.05. The summed E-state index contributed by atoms with van der Waals surface area (Å²) in [5, 5.41) is 19.7. The fourth-order valence-corrected chi connectivity index (χ4v) is 3.26. The second-order valence-electron chi connectivity index (χ2n) is 7.10. The van der Waals surface area contributed by atoms with Gasteiger partial charge in [0.1, 0.15) is 0 Å². The zero-order chi connectivity index (χ0) is 20.4. The van der Waals surface area contributed by atoms with Crippen molar-refractivity contribution in [3.8, 4) is 11.8 Å². The number of hydrogen-bond acceptors (Lipinski definition) is 2. The predicted octanol–water partition coefficient (Wildman–Crippen LogP) is 6.12. The van der Waals surface area contributed by atoms with Gasteiger partial charge in [-0.2, -0.15) is 0 Å². The van der Waals surface area contributed by atoms with Gasteiger partial charge >= 0.3 is 11.9 Å². The van der Waals surface area contributed by atoms with Gasteiger partial charge in [0.25, 0.3) is 0 Å². The van der Waals surface area contributed by atoms with Crippen molar-refractivity contribution >= 4 is 22.7 Å². The van der Waals surface area contributed by atoms with E-state index in [0.29, 0.717) is 16.3 Å². The zero-order valence-electron chi connectivity index (χ0n) is 16.5. The molecule has 0 amide bonds. The maximum Gasteiger partial charge on any atom is 0.336 e. The highest BCUT2D eigenvalue weighted by Gasteiger charge is 2.12. The molecule has 148 valence electrons. The summed E-state index contributed by atoms with van der Waals surface area (Å²) in [7, 11) is 0. The second-order valence-corrected chi connectivity index (χ2v) is 7.10. The van der Waals surface area contributed by atoms with Crippen LogP contribution < -0.4 is 0 Å². The van der Waals surface area contributed by atoms with Crippen LogP contribution in [0.15, 0.2) is 30.3 Å². The zero-order valence-corrected chi connectivity index (χ0v) is 16.5. The van der Waals surface area contributed by atoms with Crippen molar-refractivity contribution in [1.82, 2.24) is 0 Å². The van der Waals surface area contributed by atoms with Crippen molar-refractivity contribution in [1.29, 1.82) is 0 Å². The summed E-state index contributed by atoms with van der Waals surface area (Å²) in [6, 6.07) is 7.78. The Labute approximate surface area is 166 Å². The van der Waals surface area contributed by atoms with E-state index in [1.54, 1.807) is 18.2 Å². The standard InChI is InChI=1S/C24H28O4/c1-2-3-4-5-6-7-8-9-10-11-12-18-15-20-17-19(23(25)26)13-14-21(20)22(16-18)24(27)28/h13-17H,2-10H2,1H3,(H,25,26)(H,27,28). The van der Waals surface area contributed by atoms with E-state index in [9.17, 15) is 14.7 Å². The van der Waals surface area contributed by atoms with E-state index in [0.717, 1.165) is 12.8 Å². The van der Waals surface area contributed by atoms with E-state index in [-0.39, 0.29) is 11.1 Å². The highest BCUT2D eigenvalue weighted by atomic mass is 16.4. The first-order chi connectivity index (χ1) is 13.5. The van der Waals surface area contributed by atoms with Crippen molar-refractivity contribution in [2.75, 3.05) is 0 Å². The van der Waals surface area contributed by atoms with Crippen LogP contribution >= 0.6 is 0 Å². The summed E-state index contributed by atoms with van der Waals surface area (Å²) >= 11 is 0. The van der Waals surface area contributed by atoms with Gasteiger partial charge in [-0.15, -0.1) is 0 Å². The molecular weight excluding hydrogens is 352 g/mol. The van der Waals surface area contributed by atoms with Crippen molar-refractivity contribution < 1.29 is 19.8 Å². The Morgan fingerprint density at radius 2 is 1.54 bits per heavy atom. The first kappa shape index (κ1) is 21.5. The summed E-state index contributed by atoms with van der Waals surface area (Å²) in [5.74, 6) is 4.08. The minimum absolute atomic E-state index is 0.132. The third kappa shape index (κ3) is 6.42. The molecule has 4 nitrogen and oxygen atoms in total. The highest BCUT2D eigenvalue weighted by Crippen LogP contribution is 2.23. The van der Waals surface area contributed by atoms with Gasteiger partial charge in [0.2, 0.25) is 0 Å². The minimum atomic E-state index is -1.04. The van der Waals surface area contributed by atoms with Gasteiger partial charge in [0.05, 0.1) is 11.1 Å². The molecule has 2 aromatic rings. The Morgan fingerprint density at radius 1 is 0.857 bits per heavy atom. The summed E-state index contributed by atoms with van der Waals surface area (Å²) in [5.41, 5.74) is 0.880. The lowest BCUT2D eigenvalue weighted by atomic mass is 9.99. The summed E-state index contributed by atoms with van der Waals surface area (Å²) < 4.78 is 0. The highest BCUT2D eigenvalue weighted by molar-refractivity contribution is 6.06. The van der Waals surface area contributed by atoms with E-state index in [2.05, 4.69) is 18.8 Å². The Kier molecular flexibility index (Phi) is 8.55. The molecule has 0 unspecified atom stereocenters. The smallest absolute Gasteiger partial charge is 0.336 e. The van der Waals surface area contributed by atoms with Gasteiger partial charge in [-0.05, 0) is 41.5 Å². The van der Waals surface area contributed by atoms with E-state index in [1.807, 2.05) is 0 Å². The van der Waals surface area contributed by atoms with Gasteiger partial charge < -0.3 is 10.2 Å². The number of benzene rings is 2. The topological polar surface area (TPSA) is 74.6 Å². The van der Waals surface area contributed by atoms with E-state index in [4.69, 9.17) is 5.11 Å². The number of carbonyl (C=O) groups is 2. The molecule has 0 aliphatic carbocycles. The number of rotatable bonds is 10. The molecule has 0 aromatic heterocycles. The second kappa shape index (κ2) is 11.1. The lowest BCUT2D eigenvalue weighted by molar-refractivity contribution is 0.0688.